The molecular weight excluding hydrogens is 257 g/mol. The summed E-state index contributed by atoms with van der Waals surface area (Å²) >= 11 is 5.00. The van der Waals surface area contributed by atoms with Crippen LogP contribution in [-0.2, 0) is 4.79 Å². The van der Waals surface area contributed by atoms with E-state index < -0.39 is 28.5 Å². The largest absolute Gasteiger partial charge is 0.481 e. The molecular formula is C11H12ClF3O2. The second-order valence-corrected chi connectivity index (χ2v) is 4.97. The molecule has 17 heavy (non-hydrogen) atoms. The SMILES string of the molecule is CC1(C)[C@@H](C=CC=C(Cl)C(F)(F)F)[C@@H]1C(=O)O. The van der Waals surface area contributed by atoms with Crippen LogP contribution in [0.15, 0.2) is 23.3 Å². The van der Waals surface area contributed by atoms with E-state index in [1.54, 1.807) is 13.8 Å². The normalized spacial score (nSPS) is 28.5. The molecule has 0 aromatic carbocycles. The maximum Gasteiger partial charge on any atom is 0.426 e. The molecule has 0 saturated heterocycles. The summed E-state index contributed by atoms with van der Waals surface area (Å²) < 4.78 is 36.1. The van der Waals surface area contributed by atoms with Crippen LogP contribution in [0, 0.1) is 17.3 Å². The third kappa shape index (κ3) is 3.03. The van der Waals surface area contributed by atoms with Gasteiger partial charge in [0, 0.05) is 0 Å². The summed E-state index contributed by atoms with van der Waals surface area (Å²) in [4.78, 5) is 10.8. The highest BCUT2D eigenvalue weighted by Gasteiger charge is 2.60. The Bertz CT molecular complexity index is 383. The van der Waals surface area contributed by atoms with Crippen LogP contribution in [0.4, 0.5) is 13.2 Å². The van der Waals surface area contributed by atoms with E-state index in [0.29, 0.717) is 0 Å². The third-order valence-electron chi connectivity index (χ3n) is 3.01. The highest BCUT2D eigenvalue weighted by molar-refractivity contribution is 6.30. The molecule has 0 radical (unpaired) electrons. The molecule has 2 atom stereocenters. The Labute approximate surface area is 102 Å². The van der Waals surface area contributed by atoms with Gasteiger partial charge in [-0.15, -0.1) is 0 Å². The van der Waals surface area contributed by atoms with Crippen LogP contribution in [0.5, 0.6) is 0 Å². The minimum atomic E-state index is -4.56. The van der Waals surface area contributed by atoms with Gasteiger partial charge in [0.25, 0.3) is 0 Å². The summed E-state index contributed by atoms with van der Waals surface area (Å²) in [5.41, 5.74) is -0.416. The lowest BCUT2D eigenvalue weighted by Crippen LogP contribution is -2.06. The number of carboxylic acid groups (broad SMARTS) is 1. The van der Waals surface area contributed by atoms with Crippen molar-refractivity contribution in [1.29, 1.82) is 0 Å². The lowest BCUT2D eigenvalue weighted by Gasteiger charge is -2.01. The third-order valence-corrected chi connectivity index (χ3v) is 3.35. The van der Waals surface area contributed by atoms with Crippen molar-refractivity contribution in [3.05, 3.63) is 23.3 Å². The molecule has 0 unspecified atom stereocenters. The van der Waals surface area contributed by atoms with Gasteiger partial charge in [-0.3, -0.25) is 4.79 Å². The minimum absolute atomic E-state index is 0.256. The first-order valence-electron chi connectivity index (χ1n) is 4.92. The Balaban J connectivity index is 2.67. The Morgan fingerprint density at radius 3 is 2.29 bits per heavy atom. The summed E-state index contributed by atoms with van der Waals surface area (Å²) in [6.07, 6.45) is -1.22. The van der Waals surface area contributed by atoms with E-state index in [1.165, 1.54) is 6.08 Å². The van der Waals surface area contributed by atoms with Crippen LogP contribution < -0.4 is 0 Å². The van der Waals surface area contributed by atoms with Crippen molar-refractivity contribution < 1.29 is 23.1 Å². The van der Waals surface area contributed by atoms with Crippen molar-refractivity contribution >= 4 is 17.6 Å². The number of rotatable bonds is 3. The predicted molar refractivity (Wildman–Crippen MR) is 57.5 cm³/mol. The van der Waals surface area contributed by atoms with Crippen LogP contribution in [0.3, 0.4) is 0 Å². The molecule has 0 bridgehead atoms. The second-order valence-electron chi connectivity index (χ2n) is 4.56. The maximum atomic E-state index is 12.0. The zero-order chi connectivity index (χ0) is 13.4. The van der Waals surface area contributed by atoms with Crippen molar-refractivity contribution in [1.82, 2.24) is 0 Å². The summed E-state index contributed by atoms with van der Waals surface area (Å²) in [5, 5.41) is 7.62. The number of alkyl halides is 3. The van der Waals surface area contributed by atoms with E-state index in [1.807, 2.05) is 0 Å². The first-order valence-corrected chi connectivity index (χ1v) is 5.30. The van der Waals surface area contributed by atoms with Gasteiger partial charge in [0.2, 0.25) is 0 Å². The molecule has 2 nitrogen and oxygen atoms in total. The van der Waals surface area contributed by atoms with Crippen LogP contribution in [0.1, 0.15) is 13.8 Å². The first-order chi connectivity index (χ1) is 7.58. The molecule has 6 heteroatoms. The number of hydrogen-bond donors (Lipinski definition) is 1. The number of aliphatic carboxylic acids is 1. The molecule has 96 valence electrons. The van der Waals surface area contributed by atoms with Gasteiger partial charge in [-0.2, -0.15) is 13.2 Å². The van der Waals surface area contributed by atoms with E-state index in [2.05, 4.69) is 0 Å². The standard InChI is InChI=1S/C11H12ClF3O2/c1-10(2)6(8(10)9(16)17)4-3-5-7(12)11(13,14)15/h3-6,8H,1-2H3,(H,16,17)/t6-,8+/m0/s1. The molecule has 0 aromatic rings. The highest BCUT2D eigenvalue weighted by atomic mass is 35.5. The Kier molecular flexibility index (Phi) is 3.62. The van der Waals surface area contributed by atoms with Crippen LogP contribution >= 0.6 is 11.6 Å². The van der Waals surface area contributed by atoms with Crippen molar-refractivity contribution in [2.24, 2.45) is 17.3 Å². The number of halogens is 4. The smallest absolute Gasteiger partial charge is 0.426 e. The molecule has 1 aliphatic carbocycles. The van der Waals surface area contributed by atoms with E-state index in [-0.39, 0.29) is 5.92 Å². The van der Waals surface area contributed by atoms with E-state index in [0.717, 1.165) is 12.2 Å². The van der Waals surface area contributed by atoms with Crippen LogP contribution in [0.25, 0.3) is 0 Å². The fourth-order valence-electron chi connectivity index (χ4n) is 1.86. The number of carboxylic acids is 1. The summed E-state index contributed by atoms with van der Waals surface area (Å²) in [5.74, 6) is -1.73. The predicted octanol–water partition coefficient (Wildman–Crippen LogP) is 3.58. The van der Waals surface area contributed by atoms with E-state index in [9.17, 15) is 18.0 Å². The van der Waals surface area contributed by atoms with Gasteiger partial charge in [-0.25, -0.2) is 0 Å². The van der Waals surface area contributed by atoms with Crippen molar-refractivity contribution in [3.63, 3.8) is 0 Å². The average molecular weight is 269 g/mol. The van der Waals surface area contributed by atoms with Crippen LogP contribution in [-0.4, -0.2) is 17.3 Å². The van der Waals surface area contributed by atoms with Gasteiger partial charge in [0.1, 0.15) is 5.03 Å². The Morgan fingerprint density at radius 2 is 1.94 bits per heavy atom. The molecule has 1 rings (SSSR count). The fourth-order valence-corrected chi connectivity index (χ4v) is 1.94. The topological polar surface area (TPSA) is 37.3 Å². The summed E-state index contributed by atoms with van der Waals surface area (Å²) in [6, 6.07) is 0. The van der Waals surface area contributed by atoms with Gasteiger partial charge in [0.05, 0.1) is 5.92 Å². The summed E-state index contributed by atoms with van der Waals surface area (Å²) in [6.45, 7) is 3.52. The second kappa shape index (κ2) is 4.37. The van der Waals surface area contributed by atoms with Crippen LogP contribution in [0.2, 0.25) is 0 Å². The van der Waals surface area contributed by atoms with E-state index in [4.69, 9.17) is 16.7 Å². The zero-order valence-electron chi connectivity index (χ0n) is 9.25. The molecule has 1 aliphatic rings. The van der Waals surface area contributed by atoms with Gasteiger partial charge < -0.3 is 5.11 Å². The van der Waals surface area contributed by atoms with Crippen molar-refractivity contribution in [3.8, 4) is 0 Å². The van der Waals surface area contributed by atoms with Gasteiger partial charge in [0.15, 0.2) is 0 Å². The molecule has 1 fully saturated rings. The molecule has 1 saturated carbocycles. The molecule has 0 aromatic heterocycles. The minimum Gasteiger partial charge on any atom is -0.481 e. The number of hydrogen-bond acceptors (Lipinski definition) is 1. The number of carbonyl (C=O) groups is 1. The first kappa shape index (κ1) is 14.1. The Morgan fingerprint density at radius 1 is 1.41 bits per heavy atom. The lowest BCUT2D eigenvalue weighted by atomic mass is 10.1. The zero-order valence-corrected chi connectivity index (χ0v) is 10.0. The fraction of sp³-hybridized carbons (Fsp3) is 0.545. The van der Waals surface area contributed by atoms with Crippen molar-refractivity contribution in [2.75, 3.05) is 0 Å². The van der Waals surface area contributed by atoms with Gasteiger partial charge in [-0.1, -0.05) is 37.6 Å². The lowest BCUT2D eigenvalue weighted by molar-refractivity contribution is -0.139. The number of allylic oxidation sites excluding steroid dienone is 4. The average Bonchev–Trinajstić information content (AvgIpc) is 2.66. The molecule has 0 heterocycles. The van der Waals surface area contributed by atoms with Gasteiger partial charge >= 0.3 is 12.1 Å². The van der Waals surface area contributed by atoms with Gasteiger partial charge in [-0.05, 0) is 17.4 Å². The Hall–Kier alpha value is -0.970. The molecule has 0 spiro atoms. The van der Waals surface area contributed by atoms with Crippen molar-refractivity contribution in [2.45, 2.75) is 20.0 Å². The summed E-state index contributed by atoms with van der Waals surface area (Å²) in [7, 11) is 0. The maximum absolute atomic E-state index is 12.0. The monoisotopic (exact) mass is 268 g/mol. The van der Waals surface area contributed by atoms with E-state index >= 15 is 0 Å². The molecule has 0 amide bonds. The molecule has 1 N–H and O–H groups in total. The quantitative estimate of drug-likeness (QED) is 0.794. The highest BCUT2D eigenvalue weighted by Crippen LogP contribution is 2.59. The molecule has 0 aliphatic heterocycles.